The van der Waals surface area contributed by atoms with Crippen LogP contribution in [0.3, 0.4) is 0 Å². The molecule has 0 spiro atoms. The molecule has 0 amide bonds. The SMILES string of the molecule is CCCCCCCCCC[N+](CC)(CC)c1cccc2ccccc12.[OH-]. The molecule has 0 bridgehead atoms. The minimum atomic E-state index is 0. The smallest absolute Gasteiger partial charge is 0.140 e. The van der Waals surface area contributed by atoms with Crippen LogP contribution in [-0.4, -0.2) is 25.1 Å². The number of rotatable bonds is 12. The van der Waals surface area contributed by atoms with Crippen LogP contribution in [0.2, 0.25) is 0 Å². The lowest BCUT2D eigenvalue weighted by molar-refractivity contribution is 0.294. The van der Waals surface area contributed by atoms with Gasteiger partial charge in [0.2, 0.25) is 0 Å². The van der Waals surface area contributed by atoms with Crippen molar-refractivity contribution in [1.29, 1.82) is 0 Å². The highest BCUT2D eigenvalue weighted by Gasteiger charge is 2.27. The fourth-order valence-electron chi connectivity index (χ4n) is 4.17. The Balaban J connectivity index is 0.00000338. The first kappa shape index (κ1) is 22.7. The summed E-state index contributed by atoms with van der Waals surface area (Å²) in [6.45, 7) is 10.6. The van der Waals surface area contributed by atoms with Crippen molar-refractivity contribution in [2.75, 3.05) is 19.6 Å². The summed E-state index contributed by atoms with van der Waals surface area (Å²) in [5, 5.41) is 2.81. The molecule has 0 saturated carbocycles. The van der Waals surface area contributed by atoms with Gasteiger partial charge in [0.05, 0.1) is 19.6 Å². The van der Waals surface area contributed by atoms with E-state index in [0.29, 0.717) is 0 Å². The maximum atomic E-state index is 2.36. The van der Waals surface area contributed by atoms with Crippen molar-refractivity contribution in [3.8, 4) is 0 Å². The zero-order chi connectivity index (χ0) is 18.0. The first-order chi connectivity index (χ1) is 12.3. The molecule has 0 fully saturated rings. The van der Waals surface area contributed by atoms with Crippen molar-refractivity contribution in [2.45, 2.75) is 72.1 Å². The van der Waals surface area contributed by atoms with Gasteiger partial charge < -0.3 is 5.48 Å². The predicted octanol–water partition coefficient (Wildman–Crippen LogP) is 7.15. The Bertz CT molecular complexity index is 613. The summed E-state index contributed by atoms with van der Waals surface area (Å²) < 4.78 is 1.12. The summed E-state index contributed by atoms with van der Waals surface area (Å²) in [5.74, 6) is 0. The van der Waals surface area contributed by atoms with Gasteiger partial charge in [-0.05, 0) is 44.2 Å². The zero-order valence-electron chi connectivity index (χ0n) is 17.2. The fraction of sp³-hybridized carbons (Fsp3) is 0.583. The van der Waals surface area contributed by atoms with E-state index in [1.54, 1.807) is 0 Å². The Kier molecular flexibility index (Phi) is 10.5. The molecule has 0 aliphatic rings. The number of unbranched alkanes of at least 4 members (excludes halogenated alkanes) is 7. The van der Waals surface area contributed by atoms with E-state index in [1.165, 1.54) is 87.5 Å². The van der Waals surface area contributed by atoms with Gasteiger partial charge in [-0.2, -0.15) is 0 Å². The molecule has 26 heavy (non-hydrogen) atoms. The molecule has 0 radical (unpaired) electrons. The summed E-state index contributed by atoms with van der Waals surface area (Å²) in [6.07, 6.45) is 11.2. The summed E-state index contributed by atoms with van der Waals surface area (Å²) in [4.78, 5) is 0. The van der Waals surface area contributed by atoms with Gasteiger partial charge in [-0.1, -0.05) is 75.8 Å². The number of hydrogen-bond donors (Lipinski definition) is 0. The zero-order valence-corrected chi connectivity index (χ0v) is 17.2. The molecule has 2 rings (SSSR count). The van der Waals surface area contributed by atoms with E-state index in [0.717, 1.165) is 4.48 Å². The van der Waals surface area contributed by atoms with E-state index >= 15 is 0 Å². The Labute approximate surface area is 161 Å². The fourth-order valence-corrected chi connectivity index (χ4v) is 4.17. The molecule has 2 aromatic rings. The summed E-state index contributed by atoms with van der Waals surface area (Å²) in [5.41, 5.74) is 1.52. The van der Waals surface area contributed by atoms with Crippen molar-refractivity contribution in [2.24, 2.45) is 0 Å². The summed E-state index contributed by atoms with van der Waals surface area (Å²) in [6, 6.07) is 15.7. The minimum Gasteiger partial charge on any atom is -0.870 e. The first-order valence-corrected chi connectivity index (χ1v) is 10.6. The monoisotopic (exact) mass is 357 g/mol. The van der Waals surface area contributed by atoms with Crippen LogP contribution in [0, 0.1) is 0 Å². The second-order valence-corrected chi connectivity index (χ2v) is 7.47. The first-order valence-electron chi connectivity index (χ1n) is 10.6. The third kappa shape index (κ3) is 5.82. The van der Waals surface area contributed by atoms with Crippen molar-refractivity contribution in [3.63, 3.8) is 0 Å². The van der Waals surface area contributed by atoms with Gasteiger partial charge in [-0.3, -0.25) is 4.48 Å². The van der Waals surface area contributed by atoms with Crippen LogP contribution in [0.25, 0.3) is 10.8 Å². The number of nitrogens with zero attached hydrogens (tertiary/aromatic N) is 1. The normalized spacial score (nSPS) is 11.5. The van der Waals surface area contributed by atoms with Gasteiger partial charge in [0.15, 0.2) is 0 Å². The molecule has 0 unspecified atom stereocenters. The van der Waals surface area contributed by atoms with E-state index in [2.05, 4.69) is 63.2 Å². The topological polar surface area (TPSA) is 30.0 Å². The van der Waals surface area contributed by atoms with Crippen LogP contribution in [0.15, 0.2) is 42.5 Å². The third-order valence-corrected chi connectivity index (χ3v) is 5.93. The van der Waals surface area contributed by atoms with E-state index < -0.39 is 0 Å². The molecule has 0 heterocycles. The Morgan fingerprint density at radius 1 is 0.654 bits per heavy atom. The lowest BCUT2D eigenvalue weighted by atomic mass is 10.0. The summed E-state index contributed by atoms with van der Waals surface area (Å²) >= 11 is 0. The van der Waals surface area contributed by atoms with Gasteiger partial charge in [0.25, 0.3) is 0 Å². The second kappa shape index (κ2) is 12.1. The number of quaternary nitrogens is 1. The van der Waals surface area contributed by atoms with Crippen LogP contribution in [0.1, 0.15) is 72.1 Å². The number of fused-ring (bicyclic) bond motifs is 1. The molecule has 0 aromatic heterocycles. The van der Waals surface area contributed by atoms with Crippen molar-refractivity contribution in [1.82, 2.24) is 4.48 Å². The minimum absolute atomic E-state index is 0. The number of hydrogen-bond acceptors (Lipinski definition) is 1. The van der Waals surface area contributed by atoms with Gasteiger partial charge in [0.1, 0.15) is 5.69 Å². The lowest BCUT2D eigenvalue weighted by Crippen LogP contribution is -2.49. The average Bonchev–Trinajstić information content (AvgIpc) is 2.67. The van der Waals surface area contributed by atoms with Gasteiger partial charge in [-0.15, -0.1) is 0 Å². The molecule has 2 aromatic carbocycles. The molecule has 0 aliphatic carbocycles. The van der Waals surface area contributed by atoms with Crippen LogP contribution in [-0.2, 0) is 0 Å². The maximum Gasteiger partial charge on any atom is 0.140 e. The van der Waals surface area contributed by atoms with Gasteiger partial charge in [0, 0.05) is 5.39 Å². The lowest BCUT2D eigenvalue weighted by Gasteiger charge is -2.37. The highest BCUT2D eigenvalue weighted by molar-refractivity contribution is 5.93. The summed E-state index contributed by atoms with van der Waals surface area (Å²) in [7, 11) is 0. The average molecular weight is 358 g/mol. The largest absolute Gasteiger partial charge is 0.870 e. The molecule has 0 atom stereocenters. The van der Waals surface area contributed by atoms with Crippen molar-refractivity contribution < 1.29 is 5.48 Å². The molecule has 0 saturated heterocycles. The van der Waals surface area contributed by atoms with Crippen LogP contribution in [0.5, 0.6) is 0 Å². The predicted molar refractivity (Wildman–Crippen MR) is 116 cm³/mol. The van der Waals surface area contributed by atoms with Gasteiger partial charge in [-0.25, -0.2) is 0 Å². The molecular weight excluding hydrogens is 318 g/mol. The van der Waals surface area contributed by atoms with E-state index in [4.69, 9.17) is 0 Å². The van der Waals surface area contributed by atoms with Crippen LogP contribution < -0.4 is 4.48 Å². The Hall–Kier alpha value is -1.38. The van der Waals surface area contributed by atoms with Crippen molar-refractivity contribution in [3.05, 3.63) is 42.5 Å². The Morgan fingerprint density at radius 2 is 1.23 bits per heavy atom. The third-order valence-electron chi connectivity index (χ3n) is 5.93. The number of benzene rings is 2. The molecular formula is C24H39NO. The highest BCUT2D eigenvalue weighted by Crippen LogP contribution is 2.32. The second-order valence-electron chi connectivity index (χ2n) is 7.47. The van der Waals surface area contributed by atoms with Crippen LogP contribution >= 0.6 is 0 Å². The molecule has 1 N–H and O–H groups in total. The van der Waals surface area contributed by atoms with Crippen molar-refractivity contribution >= 4 is 16.5 Å². The molecule has 0 aliphatic heterocycles. The highest BCUT2D eigenvalue weighted by atomic mass is 16.0. The quantitative estimate of drug-likeness (QED) is 0.293. The van der Waals surface area contributed by atoms with E-state index in [9.17, 15) is 0 Å². The molecule has 146 valence electrons. The molecule has 2 nitrogen and oxygen atoms in total. The standard InChI is InChI=1S/C24H38N.H2O/c1-4-7-8-9-10-11-12-15-21-25(5-2,6-3)24-20-16-18-22-17-13-14-19-23(22)24;/h13-14,16-20H,4-12,15,21H2,1-3H3;1H2/q+1;/p-1. The van der Waals surface area contributed by atoms with Gasteiger partial charge >= 0.3 is 0 Å². The van der Waals surface area contributed by atoms with E-state index in [1.807, 2.05) is 0 Å². The molecule has 2 heteroatoms. The maximum absolute atomic E-state index is 2.36. The van der Waals surface area contributed by atoms with E-state index in [-0.39, 0.29) is 5.48 Å². The Morgan fingerprint density at radius 3 is 1.88 bits per heavy atom. The van der Waals surface area contributed by atoms with Crippen LogP contribution in [0.4, 0.5) is 5.69 Å².